The molecule has 0 aliphatic heterocycles. The molecule has 0 unspecified atom stereocenters. The van der Waals surface area contributed by atoms with Gasteiger partial charge < -0.3 is 14.5 Å². The van der Waals surface area contributed by atoms with Crippen molar-refractivity contribution in [3.8, 4) is 22.8 Å². The summed E-state index contributed by atoms with van der Waals surface area (Å²) in [6.07, 6.45) is 0. The molecular weight excluding hydrogens is 382 g/mol. The van der Waals surface area contributed by atoms with E-state index in [1.54, 1.807) is 0 Å². The highest BCUT2D eigenvalue weighted by atomic mass is 16.5. The van der Waals surface area contributed by atoms with Crippen molar-refractivity contribution in [3.63, 3.8) is 0 Å². The molecule has 0 fully saturated rings. The Morgan fingerprint density at radius 1 is 0.613 bits per heavy atom. The van der Waals surface area contributed by atoms with Crippen LogP contribution in [0.4, 0.5) is 0 Å². The molecule has 5 aromatic rings. The van der Waals surface area contributed by atoms with Gasteiger partial charge in [-0.2, -0.15) is 0 Å². The van der Waals surface area contributed by atoms with Gasteiger partial charge in [0.1, 0.15) is 24.7 Å². The van der Waals surface area contributed by atoms with Crippen LogP contribution in [0.15, 0.2) is 103 Å². The van der Waals surface area contributed by atoms with Crippen LogP contribution in [0, 0.1) is 6.07 Å². The summed E-state index contributed by atoms with van der Waals surface area (Å²) in [6.45, 7) is 1.11. The summed E-state index contributed by atoms with van der Waals surface area (Å²) >= 11 is 0. The Morgan fingerprint density at radius 3 is 1.84 bits per heavy atom. The van der Waals surface area contributed by atoms with E-state index in [1.165, 1.54) is 0 Å². The van der Waals surface area contributed by atoms with Crippen molar-refractivity contribution in [2.45, 2.75) is 13.2 Å². The SMILES string of the molecule is [c]1c(-c2ccc(OCc3ccccc3)cc2)[nH]c2cc(OCc3ccccc3)ccc12. The largest absolute Gasteiger partial charge is 0.489 e. The Labute approximate surface area is 181 Å². The minimum absolute atomic E-state index is 0.550. The Bertz CT molecular complexity index is 1260. The standard InChI is InChI=1S/C28H22NO2/c1-3-7-21(8-4-1)19-30-25-14-11-23(12-15-25)27-17-24-13-16-26(18-28(24)29-27)31-20-22-9-5-2-6-10-22/h1-16,18,29H,19-20H2. The maximum Gasteiger partial charge on any atom is 0.121 e. The van der Waals surface area contributed by atoms with E-state index in [2.05, 4.69) is 35.3 Å². The van der Waals surface area contributed by atoms with E-state index in [0.29, 0.717) is 13.2 Å². The van der Waals surface area contributed by atoms with Gasteiger partial charge in [-0.15, -0.1) is 0 Å². The van der Waals surface area contributed by atoms with E-state index in [9.17, 15) is 0 Å². The first-order valence-corrected chi connectivity index (χ1v) is 10.3. The zero-order valence-corrected chi connectivity index (χ0v) is 17.0. The lowest BCUT2D eigenvalue weighted by atomic mass is 10.1. The molecule has 0 spiro atoms. The number of hydrogen-bond donors (Lipinski definition) is 1. The van der Waals surface area contributed by atoms with Crippen LogP contribution < -0.4 is 9.47 Å². The molecule has 1 radical (unpaired) electrons. The van der Waals surface area contributed by atoms with Gasteiger partial charge in [0.15, 0.2) is 0 Å². The van der Waals surface area contributed by atoms with Crippen LogP contribution in [0.25, 0.3) is 22.2 Å². The topological polar surface area (TPSA) is 34.2 Å². The second-order valence-electron chi connectivity index (χ2n) is 7.41. The Hall–Kier alpha value is -3.98. The number of hydrogen-bond acceptors (Lipinski definition) is 2. The Morgan fingerprint density at radius 2 is 1.19 bits per heavy atom. The summed E-state index contributed by atoms with van der Waals surface area (Å²) in [5, 5.41) is 1.03. The average molecular weight is 404 g/mol. The first-order valence-electron chi connectivity index (χ1n) is 10.3. The minimum Gasteiger partial charge on any atom is -0.489 e. The fraction of sp³-hybridized carbons (Fsp3) is 0.0714. The third-order valence-corrected chi connectivity index (χ3v) is 5.15. The summed E-state index contributed by atoms with van der Waals surface area (Å²) in [5.41, 5.74) is 5.32. The lowest BCUT2D eigenvalue weighted by molar-refractivity contribution is 0.306. The van der Waals surface area contributed by atoms with Crippen LogP contribution >= 0.6 is 0 Å². The molecule has 0 aliphatic rings. The smallest absolute Gasteiger partial charge is 0.121 e. The van der Waals surface area contributed by atoms with Crippen LogP contribution in [-0.2, 0) is 13.2 Å². The second kappa shape index (κ2) is 8.80. The molecule has 4 aromatic carbocycles. The molecule has 0 amide bonds. The molecule has 1 N–H and O–H groups in total. The van der Waals surface area contributed by atoms with Crippen LogP contribution in [0.2, 0.25) is 0 Å². The average Bonchev–Trinajstić information content (AvgIpc) is 3.26. The van der Waals surface area contributed by atoms with Crippen LogP contribution in [0.3, 0.4) is 0 Å². The van der Waals surface area contributed by atoms with E-state index < -0.39 is 0 Å². The minimum atomic E-state index is 0.550. The van der Waals surface area contributed by atoms with Crippen molar-refractivity contribution in [3.05, 3.63) is 120 Å². The van der Waals surface area contributed by atoms with Crippen molar-refractivity contribution in [2.75, 3.05) is 0 Å². The van der Waals surface area contributed by atoms with Crippen molar-refractivity contribution in [1.29, 1.82) is 0 Å². The molecule has 151 valence electrons. The van der Waals surface area contributed by atoms with Crippen molar-refractivity contribution < 1.29 is 9.47 Å². The summed E-state index contributed by atoms with van der Waals surface area (Å²) in [7, 11) is 0. The van der Waals surface area contributed by atoms with Crippen molar-refractivity contribution in [2.24, 2.45) is 0 Å². The zero-order valence-electron chi connectivity index (χ0n) is 17.0. The van der Waals surface area contributed by atoms with Gasteiger partial charge in [0.2, 0.25) is 0 Å². The molecule has 0 saturated carbocycles. The first-order chi connectivity index (χ1) is 15.3. The molecule has 31 heavy (non-hydrogen) atoms. The summed E-state index contributed by atoms with van der Waals surface area (Å²) in [5.74, 6) is 1.68. The van der Waals surface area contributed by atoms with Gasteiger partial charge in [0.05, 0.1) is 11.2 Å². The lowest BCUT2D eigenvalue weighted by Gasteiger charge is -2.07. The van der Waals surface area contributed by atoms with E-state index in [1.807, 2.05) is 78.9 Å². The molecule has 3 heteroatoms. The molecule has 1 aromatic heterocycles. The highest BCUT2D eigenvalue weighted by Gasteiger charge is 2.06. The fourth-order valence-corrected chi connectivity index (χ4v) is 3.47. The van der Waals surface area contributed by atoms with Gasteiger partial charge in [-0.05, 0) is 53.1 Å². The fourth-order valence-electron chi connectivity index (χ4n) is 3.47. The molecular formula is C28H22NO2. The zero-order chi connectivity index (χ0) is 20.9. The summed E-state index contributed by atoms with van der Waals surface area (Å²) in [4.78, 5) is 3.45. The van der Waals surface area contributed by atoms with E-state index in [4.69, 9.17) is 9.47 Å². The summed E-state index contributed by atoms with van der Waals surface area (Å²) < 4.78 is 11.8. The number of aromatic nitrogens is 1. The number of H-pyrrole nitrogens is 1. The Kier molecular flexibility index (Phi) is 5.40. The number of fused-ring (bicyclic) bond motifs is 1. The predicted octanol–water partition coefficient (Wildman–Crippen LogP) is 6.79. The quantitative estimate of drug-likeness (QED) is 0.324. The van der Waals surface area contributed by atoms with Gasteiger partial charge in [0.25, 0.3) is 0 Å². The van der Waals surface area contributed by atoms with Crippen LogP contribution in [0.1, 0.15) is 11.1 Å². The normalized spacial score (nSPS) is 10.8. The third kappa shape index (κ3) is 4.62. The van der Waals surface area contributed by atoms with Crippen LogP contribution in [-0.4, -0.2) is 4.98 Å². The van der Waals surface area contributed by atoms with Gasteiger partial charge in [-0.3, -0.25) is 0 Å². The maximum absolute atomic E-state index is 5.94. The lowest BCUT2D eigenvalue weighted by Crippen LogP contribution is -1.94. The molecule has 0 bridgehead atoms. The second-order valence-corrected chi connectivity index (χ2v) is 7.41. The van der Waals surface area contributed by atoms with Crippen molar-refractivity contribution >= 4 is 10.9 Å². The third-order valence-electron chi connectivity index (χ3n) is 5.15. The predicted molar refractivity (Wildman–Crippen MR) is 124 cm³/mol. The molecule has 0 aliphatic carbocycles. The number of aromatic amines is 1. The maximum atomic E-state index is 5.94. The molecule has 0 atom stereocenters. The molecule has 3 nitrogen and oxygen atoms in total. The Balaban J connectivity index is 1.27. The summed E-state index contributed by atoms with van der Waals surface area (Å²) in [6, 6.07) is 37.9. The van der Waals surface area contributed by atoms with Gasteiger partial charge in [0, 0.05) is 17.5 Å². The van der Waals surface area contributed by atoms with Gasteiger partial charge >= 0.3 is 0 Å². The molecule has 0 saturated heterocycles. The highest BCUT2D eigenvalue weighted by molar-refractivity contribution is 5.86. The number of ether oxygens (including phenoxy) is 2. The van der Waals surface area contributed by atoms with Crippen LogP contribution in [0.5, 0.6) is 11.5 Å². The number of benzene rings is 4. The number of nitrogens with one attached hydrogen (secondary N) is 1. The van der Waals surface area contributed by atoms with E-state index in [0.717, 1.165) is 44.8 Å². The van der Waals surface area contributed by atoms with Crippen molar-refractivity contribution in [1.82, 2.24) is 4.98 Å². The number of rotatable bonds is 7. The van der Waals surface area contributed by atoms with Gasteiger partial charge in [-0.1, -0.05) is 60.7 Å². The van der Waals surface area contributed by atoms with E-state index >= 15 is 0 Å². The van der Waals surface area contributed by atoms with E-state index in [-0.39, 0.29) is 0 Å². The first kappa shape index (κ1) is 19.0. The monoisotopic (exact) mass is 404 g/mol. The molecule has 1 heterocycles. The molecule has 5 rings (SSSR count). The van der Waals surface area contributed by atoms with Gasteiger partial charge in [-0.25, -0.2) is 0 Å². The highest BCUT2D eigenvalue weighted by Crippen LogP contribution is 2.28.